The normalized spacial score (nSPS) is 20.1. The summed E-state index contributed by atoms with van der Waals surface area (Å²) in [6, 6.07) is 25.7. The van der Waals surface area contributed by atoms with Gasteiger partial charge in [0.1, 0.15) is 47.3 Å². The van der Waals surface area contributed by atoms with E-state index < -0.39 is 38.5 Å². The van der Waals surface area contributed by atoms with Crippen molar-refractivity contribution < 1.29 is 28.5 Å². The third kappa shape index (κ3) is 6.42. The molecule has 1 fully saturated rings. The molecule has 3 heterocycles. The Morgan fingerprint density at radius 1 is 0.837 bits per heavy atom. The number of hydrogen-bond acceptors (Lipinski definition) is 10. The van der Waals surface area contributed by atoms with Crippen LogP contribution in [-0.4, -0.2) is 72.1 Å². The highest BCUT2D eigenvalue weighted by Gasteiger charge is 2.52. The van der Waals surface area contributed by atoms with Crippen molar-refractivity contribution in [1.29, 1.82) is 0 Å². The lowest BCUT2D eigenvalue weighted by Crippen LogP contribution is -2.49. The highest BCUT2D eigenvalue weighted by molar-refractivity contribution is 6.74. The zero-order valence-corrected chi connectivity index (χ0v) is 30.0. The summed E-state index contributed by atoms with van der Waals surface area (Å²) >= 11 is 0. The molecule has 0 radical (unpaired) electrons. The Labute approximate surface area is 288 Å². The van der Waals surface area contributed by atoms with Gasteiger partial charge in [0.25, 0.3) is 0 Å². The van der Waals surface area contributed by atoms with E-state index in [2.05, 4.69) is 48.8 Å². The number of nitrogens with two attached hydrogens (primary N) is 1. The van der Waals surface area contributed by atoms with Crippen molar-refractivity contribution in [2.45, 2.75) is 69.0 Å². The predicted octanol–water partition coefficient (Wildman–Crippen LogP) is 6.08. The number of nitrogen functional groups attached to an aromatic ring is 1. The highest BCUT2D eigenvalue weighted by atomic mass is 28.4. The standard InChI is InChI=1S/C37H45N5O6Si/c1-36(2,3)49(6,7)48-32-31(43)29(47-35(32)42-23-41-30-33(38)39-22-40-34(30)42)21-46-37(24-11-9-8-10-12-24,25-13-17-27(44-4)18-14-25)26-15-19-28(45-5)20-16-26/h8-20,22-23,29,31-32,35,43H,21H2,1-7H3,(H2,38,39,40)/t29-,31+,32-,35-/m1/s1. The van der Waals surface area contributed by atoms with Crippen molar-refractivity contribution in [3.05, 3.63) is 108 Å². The van der Waals surface area contributed by atoms with Crippen LogP contribution >= 0.6 is 0 Å². The number of anilines is 1. The number of benzene rings is 3. The second-order valence-electron chi connectivity index (χ2n) is 13.8. The highest BCUT2D eigenvalue weighted by Crippen LogP contribution is 2.45. The molecule has 0 spiro atoms. The number of fused-ring (bicyclic) bond motifs is 1. The molecule has 0 amide bonds. The number of aromatic nitrogens is 4. The Morgan fingerprint density at radius 2 is 1.41 bits per heavy atom. The SMILES string of the molecule is COc1ccc(C(OC[C@H]2O[C@@H](n3cnc4c(N)ncnc43)[C@H](O[Si](C)(C)C(C)(C)C)[C@H]2O)(c2ccccc2)c2ccc(OC)cc2)cc1. The maximum absolute atomic E-state index is 12.1. The zero-order chi connectivity index (χ0) is 35.0. The fourth-order valence-corrected chi connectivity index (χ4v) is 7.35. The van der Waals surface area contributed by atoms with E-state index in [1.54, 1.807) is 25.1 Å². The largest absolute Gasteiger partial charge is 0.497 e. The molecule has 2 aromatic heterocycles. The lowest BCUT2D eigenvalue weighted by molar-refractivity contribution is -0.0940. The summed E-state index contributed by atoms with van der Waals surface area (Å²) in [5.41, 5.74) is 8.62. The molecule has 0 saturated carbocycles. The number of rotatable bonds is 11. The van der Waals surface area contributed by atoms with Gasteiger partial charge in [-0.3, -0.25) is 4.57 Å². The van der Waals surface area contributed by atoms with Crippen LogP contribution in [0.15, 0.2) is 91.5 Å². The molecule has 1 aliphatic heterocycles. The Kier molecular flexibility index (Phi) is 9.53. The molecular weight excluding hydrogens is 639 g/mol. The van der Waals surface area contributed by atoms with Crippen molar-refractivity contribution in [2.24, 2.45) is 0 Å². The molecule has 6 rings (SSSR count). The minimum Gasteiger partial charge on any atom is -0.497 e. The molecule has 3 N–H and O–H groups in total. The molecule has 49 heavy (non-hydrogen) atoms. The van der Waals surface area contributed by atoms with Gasteiger partial charge in [0.15, 0.2) is 26.0 Å². The number of methoxy groups -OCH3 is 2. The number of nitrogens with zero attached hydrogens (tertiary/aromatic N) is 4. The van der Waals surface area contributed by atoms with Crippen LogP contribution in [0.3, 0.4) is 0 Å². The number of aliphatic hydroxyl groups is 1. The Hall–Kier alpha value is -4.33. The van der Waals surface area contributed by atoms with Crippen LogP contribution in [-0.2, 0) is 19.5 Å². The maximum Gasteiger partial charge on any atom is 0.192 e. The first kappa shape index (κ1) is 34.5. The van der Waals surface area contributed by atoms with Crippen LogP contribution in [0.2, 0.25) is 18.1 Å². The molecule has 12 heteroatoms. The van der Waals surface area contributed by atoms with Crippen molar-refractivity contribution in [1.82, 2.24) is 19.5 Å². The monoisotopic (exact) mass is 683 g/mol. The Bertz CT molecular complexity index is 1810. The van der Waals surface area contributed by atoms with E-state index in [4.69, 9.17) is 29.1 Å². The predicted molar refractivity (Wildman–Crippen MR) is 190 cm³/mol. The minimum atomic E-state index is -2.41. The van der Waals surface area contributed by atoms with Gasteiger partial charge in [0, 0.05) is 0 Å². The van der Waals surface area contributed by atoms with Crippen molar-refractivity contribution in [2.75, 3.05) is 26.6 Å². The quantitative estimate of drug-likeness (QED) is 0.125. The van der Waals surface area contributed by atoms with Crippen LogP contribution < -0.4 is 15.2 Å². The average molecular weight is 684 g/mol. The maximum atomic E-state index is 12.1. The molecule has 0 bridgehead atoms. The lowest BCUT2D eigenvalue weighted by atomic mass is 9.80. The molecule has 258 valence electrons. The van der Waals surface area contributed by atoms with Gasteiger partial charge in [-0.1, -0.05) is 75.4 Å². The van der Waals surface area contributed by atoms with E-state index >= 15 is 0 Å². The van der Waals surface area contributed by atoms with Gasteiger partial charge >= 0.3 is 0 Å². The third-order valence-corrected chi connectivity index (χ3v) is 14.3. The zero-order valence-electron chi connectivity index (χ0n) is 29.0. The van der Waals surface area contributed by atoms with Crippen LogP contribution in [0, 0.1) is 0 Å². The molecule has 5 aromatic rings. The van der Waals surface area contributed by atoms with E-state index in [9.17, 15) is 5.11 Å². The van der Waals surface area contributed by atoms with Crippen molar-refractivity contribution >= 4 is 25.3 Å². The van der Waals surface area contributed by atoms with Gasteiger partial charge in [-0.2, -0.15) is 0 Å². The fraction of sp³-hybridized carbons (Fsp3) is 0.378. The lowest BCUT2D eigenvalue weighted by Gasteiger charge is -2.40. The van der Waals surface area contributed by atoms with Gasteiger partial charge in [0.05, 0.1) is 27.2 Å². The molecular formula is C37H45N5O6Si. The first-order chi connectivity index (χ1) is 23.4. The molecule has 1 saturated heterocycles. The molecule has 3 aromatic carbocycles. The van der Waals surface area contributed by atoms with E-state index in [1.165, 1.54) is 6.33 Å². The fourth-order valence-electron chi connectivity index (χ4n) is 6.06. The van der Waals surface area contributed by atoms with Crippen molar-refractivity contribution in [3.63, 3.8) is 0 Å². The van der Waals surface area contributed by atoms with Crippen molar-refractivity contribution in [3.8, 4) is 11.5 Å². The average Bonchev–Trinajstić information content (AvgIpc) is 3.66. The van der Waals surface area contributed by atoms with E-state index in [-0.39, 0.29) is 17.5 Å². The molecule has 11 nitrogen and oxygen atoms in total. The summed E-state index contributed by atoms with van der Waals surface area (Å²) in [5.74, 6) is 1.71. The van der Waals surface area contributed by atoms with E-state index in [1.807, 2.05) is 78.9 Å². The first-order valence-corrected chi connectivity index (χ1v) is 19.2. The summed E-state index contributed by atoms with van der Waals surface area (Å²) in [6.07, 6.45) is -0.321. The molecule has 4 atom stereocenters. The Morgan fingerprint density at radius 3 is 1.96 bits per heavy atom. The van der Waals surface area contributed by atoms with Gasteiger partial charge < -0.3 is 34.2 Å². The van der Waals surface area contributed by atoms with E-state index in [0.29, 0.717) is 11.2 Å². The first-order valence-electron chi connectivity index (χ1n) is 16.3. The topological polar surface area (TPSA) is 136 Å². The van der Waals surface area contributed by atoms with E-state index in [0.717, 1.165) is 28.2 Å². The summed E-state index contributed by atoms with van der Waals surface area (Å²) in [5, 5.41) is 12.0. The Balaban J connectivity index is 1.43. The molecule has 0 unspecified atom stereocenters. The van der Waals surface area contributed by atoms with Gasteiger partial charge in [-0.15, -0.1) is 0 Å². The summed E-state index contributed by atoms with van der Waals surface area (Å²) in [6.45, 7) is 10.8. The third-order valence-electron chi connectivity index (χ3n) is 9.85. The van der Waals surface area contributed by atoms with Gasteiger partial charge in [-0.05, 0) is 59.1 Å². The minimum absolute atomic E-state index is 0.0196. The number of imidazole rings is 1. The number of hydrogen-bond donors (Lipinski definition) is 2. The molecule has 1 aliphatic rings. The van der Waals surface area contributed by atoms with Gasteiger partial charge in [0.2, 0.25) is 0 Å². The smallest absolute Gasteiger partial charge is 0.192 e. The van der Waals surface area contributed by atoms with Crippen LogP contribution in [0.4, 0.5) is 5.82 Å². The van der Waals surface area contributed by atoms with Gasteiger partial charge in [-0.25, -0.2) is 15.0 Å². The van der Waals surface area contributed by atoms with Crippen LogP contribution in [0.1, 0.15) is 43.7 Å². The van der Waals surface area contributed by atoms with Crippen LogP contribution in [0.25, 0.3) is 11.2 Å². The van der Waals surface area contributed by atoms with Crippen LogP contribution in [0.5, 0.6) is 11.5 Å². The summed E-state index contributed by atoms with van der Waals surface area (Å²) in [4.78, 5) is 13.0. The second-order valence-corrected chi connectivity index (χ2v) is 18.6. The molecule has 0 aliphatic carbocycles. The number of ether oxygens (including phenoxy) is 4. The second kappa shape index (κ2) is 13.5. The summed E-state index contributed by atoms with van der Waals surface area (Å²) in [7, 11) is 0.874. The summed E-state index contributed by atoms with van der Waals surface area (Å²) < 4.78 is 33.5. The number of aliphatic hydroxyl groups excluding tert-OH is 1.